The van der Waals surface area contributed by atoms with E-state index in [-0.39, 0.29) is 18.2 Å². The molecule has 3 rings (SSSR count). The Labute approximate surface area is 146 Å². The second-order valence-corrected chi connectivity index (χ2v) is 8.61. The van der Waals surface area contributed by atoms with Crippen LogP contribution in [0.15, 0.2) is 9.95 Å². The number of aromatic nitrogens is 2. The van der Waals surface area contributed by atoms with Gasteiger partial charge in [0.05, 0.1) is 17.8 Å². The molecule has 0 unspecified atom stereocenters. The molecule has 2 aliphatic rings. The Morgan fingerprint density at radius 1 is 1.42 bits per heavy atom. The SMILES string of the molecule is CC(C)(C)OC(=O)N1CCc2nc(SCCC3CC3)[nH]c(=O)c2C1. The van der Waals surface area contributed by atoms with E-state index in [1.54, 1.807) is 16.7 Å². The van der Waals surface area contributed by atoms with Gasteiger partial charge in [-0.05, 0) is 33.1 Å². The van der Waals surface area contributed by atoms with Gasteiger partial charge in [0.25, 0.3) is 5.56 Å². The van der Waals surface area contributed by atoms with Gasteiger partial charge in [0, 0.05) is 18.7 Å². The molecule has 1 aliphatic carbocycles. The Bertz CT molecular complexity index is 677. The van der Waals surface area contributed by atoms with Crippen molar-refractivity contribution in [3.8, 4) is 0 Å². The van der Waals surface area contributed by atoms with Crippen LogP contribution in [0.1, 0.15) is 51.3 Å². The highest BCUT2D eigenvalue weighted by Crippen LogP contribution is 2.34. The van der Waals surface area contributed by atoms with Crippen LogP contribution in [0.4, 0.5) is 4.79 Å². The molecule has 6 nitrogen and oxygen atoms in total. The third-order valence-electron chi connectivity index (χ3n) is 4.16. The minimum absolute atomic E-state index is 0.137. The average molecular weight is 351 g/mol. The normalized spacial score (nSPS) is 17.5. The predicted molar refractivity (Wildman–Crippen MR) is 93.3 cm³/mol. The summed E-state index contributed by atoms with van der Waals surface area (Å²) in [6.45, 7) is 6.30. The van der Waals surface area contributed by atoms with Crippen LogP contribution in [0, 0.1) is 5.92 Å². The van der Waals surface area contributed by atoms with Crippen molar-refractivity contribution in [1.82, 2.24) is 14.9 Å². The van der Waals surface area contributed by atoms with Gasteiger partial charge in [0.15, 0.2) is 5.16 Å². The van der Waals surface area contributed by atoms with E-state index >= 15 is 0 Å². The van der Waals surface area contributed by atoms with E-state index in [0.717, 1.165) is 17.4 Å². The third kappa shape index (κ3) is 4.53. The molecule has 0 atom stereocenters. The van der Waals surface area contributed by atoms with Crippen LogP contribution in [-0.2, 0) is 17.7 Å². The summed E-state index contributed by atoms with van der Waals surface area (Å²) >= 11 is 1.62. The molecule has 1 aromatic rings. The monoisotopic (exact) mass is 351 g/mol. The van der Waals surface area contributed by atoms with Crippen LogP contribution in [0.5, 0.6) is 0 Å². The van der Waals surface area contributed by atoms with E-state index in [4.69, 9.17) is 4.74 Å². The van der Waals surface area contributed by atoms with Crippen molar-refractivity contribution in [1.29, 1.82) is 0 Å². The summed E-state index contributed by atoms with van der Waals surface area (Å²) in [4.78, 5) is 33.6. The molecule has 1 amide bonds. The summed E-state index contributed by atoms with van der Waals surface area (Å²) in [5.74, 6) is 1.88. The number of carbonyl (C=O) groups is 1. The van der Waals surface area contributed by atoms with Crippen molar-refractivity contribution in [2.24, 2.45) is 5.92 Å². The summed E-state index contributed by atoms with van der Waals surface area (Å²) in [5, 5.41) is 0.699. The second-order valence-electron chi connectivity index (χ2n) is 7.53. The molecular weight excluding hydrogens is 326 g/mol. The standard InChI is InChI=1S/C17H25N3O3S/c1-17(2,3)23-16(22)20-8-6-13-12(10-20)14(21)19-15(18-13)24-9-7-11-4-5-11/h11H,4-10H2,1-3H3,(H,18,19,21). The number of nitrogens with zero attached hydrogens (tertiary/aromatic N) is 2. The molecule has 0 saturated heterocycles. The summed E-state index contributed by atoms with van der Waals surface area (Å²) in [6.07, 6.45) is 4.09. The van der Waals surface area contributed by atoms with Crippen molar-refractivity contribution in [3.63, 3.8) is 0 Å². The lowest BCUT2D eigenvalue weighted by Gasteiger charge is -2.30. The van der Waals surface area contributed by atoms with Gasteiger partial charge in [0.2, 0.25) is 0 Å². The molecule has 1 fully saturated rings. The second kappa shape index (κ2) is 6.78. The van der Waals surface area contributed by atoms with Gasteiger partial charge in [-0.1, -0.05) is 24.6 Å². The molecule has 0 radical (unpaired) electrons. The fourth-order valence-electron chi connectivity index (χ4n) is 2.68. The Hall–Kier alpha value is -1.50. The molecule has 1 aromatic heterocycles. The summed E-state index contributed by atoms with van der Waals surface area (Å²) in [6, 6.07) is 0. The smallest absolute Gasteiger partial charge is 0.410 e. The summed E-state index contributed by atoms with van der Waals surface area (Å²) < 4.78 is 5.39. The Kier molecular flexibility index (Phi) is 4.90. The molecule has 1 aliphatic heterocycles. The number of H-pyrrole nitrogens is 1. The molecule has 7 heteroatoms. The maximum absolute atomic E-state index is 12.4. The van der Waals surface area contributed by atoms with E-state index in [1.165, 1.54) is 19.3 Å². The van der Waals surface area contributed by atoms with Crippen molar-refractivity contribution >= 4 is 17.9 Å². The van der Waals surface area contributed by atoms with E-state index < -0.39 is 5.60 Å². The van der Waals surface area contributed by atoms with Crippen molar-refractivity contribution < 1.29 is 9.53 Å². The molecule has 0 aromatic carbocycles. The zero-order valence-electron chi connectivity index (χ0n) is 14.6. The Morgan fingerprint density at radius 2 is 2.17 bits per heavy atom. The molecule has 24 heavy (non-hydrogen) atoms. The molecule has 2 heterocycles. The third-order valence-corrected chi connectivity index (χ3v) is 5.07. The molecule has 1 N–H and O–H groups in total. The molecule has 132 valence electrons. The fraction of sp³-hybridized carbons (Fsp3) is 0.706. The van der Waals surface area contributed by atoms with Gasteiger partial charge in [-0.15, -0.1) is 0 Å². The zero-order chi connectivity index (χ0) is 17.3. The van der Waals surface area contributed by atoms with Gasteiger partial charge in [-0.25, -0.2) is 9.78 Å². The average Bonchev–Trinajstić information content (AvgIpc) is 3.29. The lowest BCUT2D eigenvalue weighted by molar-refractivity contribution is 0.0221. The largest absolute Gasteiger partial charge is 0.444 e. The molecular formula is C17H25N3O3S. The maximum Gasteiger partial charge on any atom is 0.410 e. The van der Waals surface area contributed by atoms with Crippen LogP contribution in [-0.4, -0.2) is 38.9 Å². The predicted octanol–water partition coefficient (Wildman–Crippen LogP) is 2.96. The summed E-state index contributed by atoms with van der Waals surface area (Å²) in [5.41, 5.74) is 0.720. The topological polar surface area (TPSA) is 75.3 Å². The number of hydrogen-bond donors (Lipinski definition) is 1. The van der Waals surface area contributed by atoms with Crippen LogP contribution in [0.2, 0.25) is 0 Å². The number of rotatable bonds is 4. The van der Waals surface area contributed by atoms with Crippen LogP contribution < -0.4 is 5.56 Å². The number of ether oxygens (including phenoxy) is 1. The lowest BCUT2D eigenvalue weighted by atomic mass is 10.1. The van der Waals surface area contributed by atoms with Crippen LogP contribution in [0.25, 0.3) is 0 Å². The number of aromatic amines is 1. The highest BCUT2D eigenvalue weighted by Gasteiger charge is 2.28. The highest BCUT2D eigenvalue weighted by atomic mass is 32.2. The van der Waals surface area contributed by atoms with Crippen LogP contribution >= 0.6 is 11.8 Å². The first-order valence-electron chi connectivity index (χ1n) is 8.54. The van der Waals surface area contributed by atoms with Gasteiger partial charge in [-0.3, -0.25) is 4.79 Å². The minimum Gasteiger partial charge on any atom is -0.444 e. The zero-order valence-corrected chi connectivity index (χ0v) is 15.4. The van der Waals surface area contributed by atoms with Crippen molar-refractivity contribution in [2.45, 2.75) is 63.8 Å². The first-order valence-corrected chi connectivity index (χ1v) is 9.53. The first-order chi connectivity index (χ1) is 11.3. The lowest BCUT2D eigenvalue weighted by Crippen LogP contribution is -2.42. The Morgan fingerprint density at radius 3 is 2.83 bits per heavy atom. The number of thioether (sulfide) groups is 1. The van der Waals surface area contributed by atoms with E-state index in [2.05, 4.69) is 9.97 Å². The maximum atomic E-state index is 12.4. The van der Waals surface area contributed by atoms with E-state index in [9.17, 15) is 9.59 Å². The van der Waals surface area contributed by atoms with Gasteiger partial charge >= 0.3 is 6.09 Å². The van der Waals surface area contributed by atoms with Gasteiger partial charge in [-0.2, -0.15) is 0 Å². The van der Waals surface area contributed by atoms with Crippen molar-refractivity contribution in [3.05, 3.63) is 21.6 Å². The first kappa shape index (κ1) is 17.3. The molecule has 0 spiro atoms. The van der Waals surface area contributed by atoms with Crippen LogP contribution in [0.3, 0.4) is 0 Å². The van der Waals surface area contributed by atoms with Crippen molar-refractivity contribution in [2.75, 3.05) is 12.3 Å². The fourth-order valence-corrected chi connectivity index (χ4v) is 3.67. The molecule has 0 bridgehead atoms. The molecule has 1 saturated carbocycles. The minimum atomic E-state index is -0.538. The highest BCUT2D eigenvalue weighted by molar-refractivity contribution is 7.99. The Balaban J connectivity index is 1.65. The number of fused-ring (bicyclic) bond motifs is 1. The van der Waals surface area contributed by atoms with Gasteiger partial charge in [0.1, 0.15) is 5.60 Å². The number of amides is 1. The number of carbonyl (C=O) groups excluding carboxylic acids is 1. The number of nitrogens with one attached hydrogen (secondary N) is 1. The van der Waals surface area contributed by atoms with E-state index in [0.29, 0.717) is 23.7 Å². The number of hydrogen-bond acceptors (Lipinski definition) is 5. The van der Waals surface area contributed by atoms with E-state index in [1.807, 2.05) is 20.8 Å². The quantitative estimate of drug-likeness (QED) is 0.667. The van der Waals surface area contributed by atoms with Gasteiger partial charge < -0.3 is 14.6 Å². The summed E-state index contributed by atoms with van der Waals surface area (Å²) in [7, 11) is 0.